The van der Waals surface area contributed by atoms with E-state index in [0.717, 1.165) is 40.4 Å². The Kier molecular flexibility index (Phi) is 8.90. The molecule has 5 rings (SSSR count). The lowest BCUT2D eigenvalue weighted by Crippen LogP contribution is -2.47. The van der Waals surface area contributed by atoms with E-state index in [0.29, 0.717) is 49.3 Å². The summed E-state index contributed by atoms with van der Waals surface area (Å²) in [5, 5.41) is 17.6. The number of hydrogen-bond donors (Lipinski definition) is 2. The van der Waals surface area contributed by atoms with Crippen molar-refractivity contribution < 1.29 is 14.3 Å². The second kappa shape index (κ2) is 12.9. The zero-order chi connectivity index (χ0) is 30.4. The van der Waals surface area contributed by atoms with Crippen LogP contribution in [0.3, 0.4) is 0 Å². The minimum absolute atomic E-state index is 0.00423. The molecule has 1 aliphatic heterocycles. The predicted molar refractivity (Wildman–Crippen MR) is 167 cm³/mol. The molecule has 1 fully saturated rings. The zero-order valence-corrected chi connectivity index (χ0v) is 25.1. The van der Waals surface area contributed by atoms with E-state index in [9.17, 15) is 4.79 Å². The van der Waals surface area contributed by atoms with Crippen molar-refractivity contribution in [1.29, 1.82) is 5.26 Å². The summed E-state index contributed by atoms with van der Waals surface area (Å²) in [5.41, 5.74) is 2.76. The van der Waals surface area contributed by atoms with Crippen molar-refractivity contribution in [3.05, 3.63) is 66.5 Å². The van der Waals surface area contributed by atoms with E-state index in [1.165, 1.54) is 0 Å². The second-order valence-corrected chi connectivity index (χ2v) is 11.6. The smallest absolute Gasteiger partial charge is 0.410 e. The number of amides is 1. The van der Waals surface area contributed by atoms with Crippen LogP contribution in [-0.2, 0) is 4.74 Å². The van der Waals surface area contributed by atoms with Crippen LogP contribution in [0.25, 0.3) is 22.0 Å². The highest BCUT2D eigenvalue weighted by Crippen LogP contribution is 2.38. The number of nitrogens with one attached hydrogen (secondary N) is 2. The normalized spacial score (nSPS) is 15.0. The van der Waals surface area contributed by atoms with Gasteiger partial charge in [0.2, 0.25) is 11.8 Å². The molecule has 0 radical (unpaired) electrons. The Morgan fingerprint density at radius 3 is 2.77 bits per heavy atom. The molecular weight excluding hydrogens is 542 g/mol. The summed E-state index contributed by atoms with van der Waals surface area (Å²) in [6.45, 7) is 9.35. The highest BCUT2D eigenvalue weighted by Gasteiger charge is 2.28. The van der Waals surface area contributed by atoms with E-state index in [4.69, 9.17) is 19.7 Å². The van der Waals surface area contributed by atoms with Crippen molar-refractivity contribution in [3.8, 4) is 29.0 Å². The molecule has 0 spiro atoms. The van der Waals surface area contributed by atoms with E-state index in [2.05, 4.69) is 32.7 Å². The number of ether oxygens (including phenoxy) is 2. The van der Waals surface area contributed by atoms with Crippen LogP contribution >= 0.6 is 0 Å². The maximum Gasteiger partial charge on any atom is 0.410 e. The fourth-order valence-electron chi connectivity index (χ4n) is 5.09. The number of nitrogens with zero attached hydrogens (tertiary/aromatic N) is 5. The summed E-state index contributed by atoms with van der Waals surface area (Å²) < 4.78 is 12.1. The van der Waals surface area contributed by atoms with Crippen molar-refractivity contribution in [2.45, 2.75) is 58.6 Å². The molecule has 2 N–H and O–H groups in total. The monoisotopic (exact) mass is 579 g/mol. The Morgan fingerprint density at radius 1 is 1.09 bits per heavy atom. The maximum atomic E-state index is 12.6. The molecule has 2 aromatic carbocycles. The van der Waals surface area contributed by atoms with Crippen LogP contribution in [0.1, 0.15) is 45.6 Å². The average Bonchev–Trinajstić information content (AvgIpc) is 2.98. The molecule has 0 bridgehead atoms. The molecule has 10 heteroatoms. The number of aryl methyl sites for hydroxylation is 1. The number of pyridine rings is 1. The molecule has 0 saturated carbocycles. The summed E-state index contributed by atoms with van der Waals surface area (Å²) in [7, 11) is 0. The van der Waals surface area contributed by atoms with Gasteiger partial charge in [0, 0.05) is 54.5 Å². The van der Waals surface area contributed by atoms with E-state index >= 15 is 0 Å². The van der Waals surface area contributed by atoms with E-state index in [1.54, 1.807) is 17.3 Å². The molecule has 1 amide bonds. The van der Waals surface area contributed by atoms with E-state index < -0.39 is 5.60 Å². The number of anilines is 2. The molecule has 43 heavy (non-hydrogen) atoms. The third-order valence-corrected chi connectivity index (χ3v) is 7.07. The van der Waals surface area contributed by atoms with Crippen molar-refractivity contribution in [2.24, 2.45) is 0 Å². The van der Waals surface area contributed by atoms with Crippen LogP contribution in [0.15, 0.2) is 60.9 Å². The largest absolute Gasteiger partial charge is 0.444 e. The summed E-state index contributed by atoms with van der Waals surface area (Å²) in [5.74, 6) is 1.61. The van der Waals surface area contributed by atoms with Crippen LogP contribution in [0, 0.1) is 18.3 Å². The predicted octanol–water partition coefficient (Wildman–Crippen LogP) is 6.93. The van der Waals surface area contributed by atoms with Crippen LogP contribution in [0.5, 0.6) is 11.6 Å². The highest BCUT2D eigenvalue weighted by atomic mass is 16.6. The lowest BCUT2D eigenvalue weighted by atomic mass is 10.0. The van der Waals surface area contributed by atoms with Gasteiger partial charge in [-0.1, -0.05) is 24.3 Å². The van der Waals surface area contributed by atoms with E-state index in [1.807, 2.05) is 70.2 Å². The van der Waals surface area contributed by atoms with Gasteiger partial charge in [-0.05, 0) is 70.4 Å². The molecule has 1 aliphatic rings. The number of hydrogen-bond acceptors (Lipinski definition) is 9. The first kappa shape index (κ1) is 29.6. The third-order valence-electron chi connectivity index (χ3n) is 7.07. The zero-order valence-electron chi connectivity index (χ0n) is 25.1. The summed E-state index contributed by atoms with van der Waals surface area (Å²) >= 11 is 0. The van der Waals surface area contributed by atoms with E-state index in [-0.39, 0.29) is 12.1 Å². The van der Waals surface area contributed by atoms with Crippen molar-refractivity contribution in [2.75, 3.05) is 30.3 Å². The lowest BCUT2D eigenvalue weighted by Gasteiger charge is -2.34. The van der Waals surface area contributed by atoms with Crippen molar-refractivity contribution in [3.63, 3.8) is 0 Å². The van der Waals surface area contributed by atoms with Crippen LogP contribution in [0.2, 0.25) is 0 Å². The average molecular weight is 580 g/mol. The number of nitriles is 1. The van der Waals surface area contributed by atoms with Gasteiger partial charge in [-0.15, -0.1) is 0 Å². The Balaban J connectivity index is 1.37. The van der Waals surface area contributed by atoms with Gasteiger partial charge in [0.15, 0.2) is 0 Å². The first-order chi connectivity index (χ1) is 20.7. The van der Waals surface area contributed by atoms with Gasteiger partial charge < -0.3 is 25.0 Å². The summed E-state index contributed by atoms with van der Waals surface area (Å²) in [6.07, 6.45) is 5.26. The highest BCUT2D eigenvalue weighted by molar-refractivity contribution is 5.98. The number of benzene rings is 2. The van der Waals surface area contributed by atoms with Crippen LogP contribution in [-0.4, -0.2) is 57.2 Å². The molecule has 0 aliphatic carbocycles. The number of piperidine rings is 1. The van der Waals surface area contributed by atoms with Gasteiger partial charge in [-0.2, -0.15) is 5.26 Å². The number of rotatable bonds is 8. The fraction of sp³-hybridized carbons (Fsp3) is 0.364. The molecule has 0 unspecified atom stereocenters. The second-order valence-electron chi connectivity index (χ2n) is 11.6. The first-order valence-corrected chi connectivity index (χ1v) is 14.6. The van der Waals surface area contributed by atoms with Gasteiger partial charge >= 0.3 is 6.09 Å². The van der Waals surface area contributed by atoms with Gasteiger partial charge in [-0.25, -0.2) is 19.7 Å². The number of likely N-dealkylation sites (tertiary alicyclic amines) is 1. The Labute approximate surface area is 252 Å². The molecule has 222 valence electrons. The molecule has 2 aromatic heterocycles. The molecule has 1 atom stereocenters. The maximum absolute atomic E-state index is 12.6. The SMILES string of the molecule is Cc1ccc2c(NCCC#N)cccc2c1Oc1ncccc1-c1ccnc(N[C@H]2CCCN(C(=O)OC(C)(C)C)C2)n1. The minimum atomic E-state index is -0.541. The summed E-state index contributed by atoms with van der Waals surface area (Å²) in [6, 6.07) is 17.8. The molecule has 4 aromatic rings. The quantitative estimate of drug-likeness (QED) is 0.214. The Bertz CT molecular complexity index is 1640. The molecule has 1 saturated heterocycles. The van der Waals surface area contributed by atoms with Crippen molar-refractivity contribution in [1.82, 2.24) is 19.9 Å². The standard InChI is InChI=1S/C33H37N7O3/c1-22-13-14-24-25(10-5-12-27(24)35-18-8-16-34)29(22)42-30-26(11-6-17-36-30)28-15-19-37-31(39-28)38-23-9-7-20-40(21-23)32(41)43-33(2,3)4/h5-6,10-15,17,19,23,35H,7-9,18,20-21H2,1-4H3,(H,37,38,39)/t23-/m0/s1. The van der Waals surface area contributed by atoms with Gasteiger partial charge in [0.25, 0.3) is 0 Å². The molecule has 3 heterocycles. The first-order valence-electron chi connectivity index (χ1n) is 14.6. The number of carbonyl (C=O) groups is 1. The van der Waals surface area contributed by atoms with Crippen LogP contribution in [0.4, 0.5) is 16.4 Å². The topological polar surface area (TPSA) is 125 Å². The number of carbonyl (C=O) groups excluding carboxylic acids is 1. The number of fused-ring (bicyclic) bond motifs is 1. The minimum Gasteiger partial charge on any atom is -0.444 e. The fourth-order valence-corrected chi connectivity index (χ4v) is 5.09. The lowest BCUT2D eigenvalue weighted by molar-refractivity contribution is 0.0206. The summed E-state index contributed by atoms with van der Waals surface area (Å²) in [4.78, 5) is 28.2. The van der Waals surface area contributed by atoms with Gasteiger partial charge in [-0.3, -0.25) is 0 Å². The van der Waals surface area contributed by atoms with Gasteiger partial charge in [0.05, 0.1) is 23.7 Å². The third kappa shape index (κ3) is 7.30. The Hall–Kier alpha value is -4.91. The van der Waals surface area contributed by atoms with Crippen molar-refractivity contribution >= 4 is 28.5 Å². The number of aromatic nitrogens is 3. The molecular formula is C33H37N7O3. The Morgan fingerprint density at radius 2 is 1.95 bits per heavy atom. The molecule has 10 nitrogen and oxygen atoms in total. The van der Waals surface area contributed by atoms with Crippen LogP contribution < -0.4 is 15.4 Å². The van der Waals surface area contributed by atoms with Gasteiger partial charge in [0.1, 0.15) is 11.4 Å².